The van der Waals surface area contributed by atoms with Crippen LogP contribution in [0, 0.1) is 0 Å². The molecule has 0 heterocycles. The largest absolute Gasteiger partial charge is 0.508 e. The van der Waals surface area contributed by atoms with E-state index in [-0.39, 0.29) is 24.5 Å². The van der Waals surface area contributed by atoms with Gasteiger partial charge in [-0.25, -0.2) is 0 Å². The Morgan fingerprint density at radius 3 is 2.50 bits per heavy atom. The molecule has 4 N–H and O–H groups in total. The van der Waals surface area contributed by atoms with Crippen LogP contribution >= 0.6 is 0 Å². The second-order valence-electron chi connectivity index (χ2n) is 7.34. The zero-order valence-electron chi connectivity index (χ0n) is 17.2. The average Bonchev–Trinajstić information content (AvgIpc) is 2.76. The van der Waals surface area contributed by atoms with Crippen LogP contribution in [-0.4, -0.2) is 34.7 Å². The van der Waals surface area contributed by atoms with Crippen LogP contribution in [0.4, 0.5) is 8.78 Å². The molecule has 0 spiro atoms. The Labute approximate surface area is 176 Å². The third-order valence-corrected chi connectivity index (χ3v) is 4.93. The molecule has 0 aliphatic heterocycles. The number of unbranched alkanes of at least 4 members (excludes halogenated alkanes) is 2. The Morgan fingerprint density at radius 1 is 1.10 bits per heavy atom. The van der Waals surface area contributed by atoms with Crippen molar-refractivity contribution < 1.29 is 28.8 Å². The molecule has 0 aromatic heterocycles. The quantitative estimate of drug-likeness (QED) is 0.286. The van der Waals surface area contributed by atoms with Gasteiger partial charge in [-0.15, -0.1) is 0 Å². The van der Waals surface area contributed by atoms with Gasteiger partial charge in [0.05, 0.1) is 12.7 Å². The smallest absolute Gasteiger partial charge is 0.296 e. The lowest BCUT2D eigenvalue weighted by atomic mass is 10.1. The van der Waals surface area contributed by atoms with Crippen LogP contribution in [0.5, 0.6) is 5.75 Å². The van der Waals surface area contributed by atoms with Gasteiger partial charge in [0.25, 0.3) is 5.92 Å². The summed E-state index contributed by atoms with van der Waals surface area (Å²) in [5, 5.41) is 32.4. The molecule has 2 aromatic carbocycles. The Kier molecular flexibility index (Phi) is 9.65. The fraction of sp³-hybridized carbons (Fsp3) is 0.478. The number of benzene rings is 2. The first kappa shape index (κ1) is 24.2. The Morgan fingerprint density at radius 2 is 1.83 bits per heavy atom. The first-order valence-electron chi connectivity index (χ1n) is 10.3. The van der Waals surface area contributed by atoms with E-state index in [0.29, 0.717) is 17.5 Å². The first-order chi connectivity index (χ1) is 14.4. The van der Waals surface area contributed by atoms with E-state index in [4.69, 9.17) is 4.74 Å². The van der Waals surface area contributed by atoms with Crippen molar-refractivity contribution in [1.29, 1.82) is 0 Å². The summed E-state index contributed by atoms with van der Waals surface area (Å²) in [4.78, 5) is 0. The lowest BCUT2D eigenvalue weighted by molar-refractivity contribution is -0.114. The van der Waals surface area contributed by atoms with Crippen molar-refractivity contribution in [2.45, 2.75) is 57.5 Å². The third kappa shape index (κ3) is 7.32. The second-order valence-corrected chi connectivity index (χ2v) is 7.34. The van der Waals surface area contributed by atoms with Gasteiger partial charge in [-0.3, -0.25) is 5.32 Å². The van der Waals surface area contributed by atoms with Gasteiger partial charge in [0.1, 0.15) is 18.6 Å². The molecule has 0 amide bonds. The normalized spacial score (nSPS) is 13.9. The summed E-state index contributed by atoms with van der Waals surface area (Å²) in [6.07, 6.45) is 1.74. The molecule has 0 bridgehead atoms. The van der Waals surface area contributed by atoms with Crippen molar-refractivity contribution in [3.05, 3.63) is 65.2 Å². The van der Waals surface area contributed by atoms with Crippen LogP contribution in [0.25, 0.3) is 0 Å². The van der Waals surface area contributed by atoms with E-state index in [1.807, 2.05) is 0 Å². The molecule has 30 heavy (non-hydrogen) atoms. The Bertz CT molecular complexity index is 758. The van der Waals surface area contributed by atoms with E-state index in [1.165, 1.54) is 24.3 Å². The number of rotatable bonds is 13. The Hall–Kier alpha value is -2.06. The van der Waals surface area contributed by atoms with Crippen LogP contribution in [0.2, 0.25) is 0 Å². The summed E-state index contributed by atoms with van der Waals surface area (Å²) in [6, 6.07) is 12.0. The summed E-state index contributed by atoms with van der Waals surface area (Å²) >= 11 is 0. The number of ether oxygens (including phenoxy) is 1. The molecule has 0 aliphatic rings. The Balaban J connectivity index is 1.97. The van der Waals surface area contributed by atoms with Gasteiger partial charge in [0.15, 0.2) is 0 Å². The van der Waals surface area contributed by atoms with Crippen LogP contribution in [0.15, 0.2) is 48.5 Å². The van der Waals surface area contributed by atoms with E-state index >= 15 is 0 Å². The van der Waals surface area contributed by atoms with Crippen LogP contribution in [0.3, 0.4) is 0 Å². The topological polar surface area (TPSA) is 82.0 Å². The first-order valence-corrected chi connectivity index (χ1v) is 10.3. The molecule has 2 atom stereocenters. The number of alkyl halides is 2. The number of aliphatic hydroxyl groups excluding tert-OH is 2. The molecule has 0 saturated carbocycles. The monoisotopic (exact) mass is 423 g/mol. The average molecular weight is 424 g/mol. The summed E-state index contributed by atoms with van der Waals surface area (Å²) < 4.78 is 34.4. The minimum atomic E-state index is -3.11. The van der Waals surface area contributed by atoms with Crippen molar-refractivity contribution in [3.63, 3.8) is 0 Å². The number of phenols is 1. The van der Waals surface area contributed by atoms with Crippen molar-refractivity contribution in [2.75, 3.05) is 13.2 Å². The number of hydrogen-bond acceptors (Lipinski definition) is 5. The lowest BCUT2D eigenvalue weighted by Crippen LogP contribution is -2.37. The fourth-order valence-corrected chi connectivity index (χ4v) is 3.09. The highest BCUT2D eigenvalue weighted by atomic mass is 19.3. The molecular formula is C23H31F2NO4. The van der Waals surface area contributed by atoms with Gasteiger partial charge in [0, 0.05) is 17.7 Å². The molecule has 0 aliphatic carbocycles. The predicted octanol–water partition coefficient (Wildman–Crippen LogP) is 4.22. The van der Waals surface area contributed by atoms with Crippen LogP contribution in [-0.2, 0) is 17.3 Å². The van der Waals surface area contributed by atoms with Gasteiger partial charge in [-0.05, 0) is 30.5 Å². The molecule has 0 fully saturated rings. The maximum absolute atomic E-state index is 14.4. The molecule has 0 saturated heterocycles. The van der Waals surface area contributed by atoms with E-state index in [9.17, 15) is 24.1 Å². The number of aliphatic hydroxyl groups is 2. The van der Waals surface area contributed by atoms with Gasteiger partial charge >= 0.3 is 0 Å². The number of hydrogen-bond donors (Lipinski definition) is 4. The zero-order chi connectivity index (χ0) is 22.0. The maximum atomic E-state index is 14.4. The highest BCUT2D eigenvalue weighted by Gasteiger charge is 2.32. The lowest BCUT2D eigenvalue weighted by Gasteiger charge is -2.25. The van der Waals surface area contributed by atoms with Crippen molar-refractivity contribution in [3.8, 4) is 5.75 Å². The van der Waals surface area contributed by atoms with Gasteiger partial charge in [-0.1, -0.05) is 56.2 Å². The highest BCUT2D eigenvalue weighted by molar-refractivity contribution is 5.36. The fourth-order valence-electron chi connectivity index (χ4n) is 3.09. The minimum Gasteiger partial charge on any atom is -0.508 e. The molecule has 2 aromatic rings. The molecular weight excluding hydrogens is 392 g/mol. The van der Waals surface area contributed by atoms with E-state index in [1.54, 1.807) is 24.3 Å². The van der Waals surface area contributed by atoms with Crippen LogP contribution < -0.4 is 5.32 Å². The maximum Gasteiger partial charge on any atom is 0.296 e. The standard InChI is InChI=1S/C23H31F2NO4/c1-2-3-5-10-22(30-16-23(24,25)19-8-6-4-7-9-19)26-14-21(29)17-11-12-20(28)18(13-17)15-27/h4,6-9,11-13,21-22,26-29H,2-3,5,10,14-16H2,1H3. The highest BCUT2D eigenvalue weighted by Crippen LogP contribution is 2.28. The number of nitrogens with one attached hydrogen (secondary N) is 1. The van der Waals surface area contributed by atoms with Gasteiger partial charge < -0.3 is 20.1 Å². The summed E-state index contributed by atoms with van der Waals surface area (Å²) in [5.41, 5.74) is 0.717. The molecule has 166 valence electrons. The summed E-state index contributed by atoms with van der Waals surface area (Å²) in [5.74, 6) is -3.16. The van der Waals surface area contributed by atoms with Gasteiger partial charge in [0.2, 0.25) is 0 Å². The van der Waals surface area contributed by atoms with Crippen LogP contribution in [0.1, 0.15) is 55.4 Å². The predicted molar refractivity (Wildman–Crippen MR) is 111 cm³/mol. The second kappa shape index (κ2) is 12.0. The molecule has 7 heteroatoms. The number of aromatic hydroxyl groups is 1. The van der Waals surface area contributed by atoms with E-state index in [0.717, 1.165) is 19.3 Å². The summed E-state index contributed by atoms with van der Waals surface area (Å²) in [7, 11) is 0. The third-order valence-electron chi connectivity index (χ3n) is 4.93. The van der Waals surface area contributed by atoms with E-state index in [2.05, 4.69) is 12.2 Å². The molecule has 2 unspecified atom stereocenters. The van der Waals surface area contributed by atoms with Gasteiger partial charge in [-0.2, -0.15) is 8.78 Å². The van der Waals surface area contributed by atoms with Crippen molar-refractivity contribution in [1.82, 2.24) is 5.32 Å². The zero-order valence-corrected chi connectivity index (χ0v) is 17.2. The molecule has 2 rings (SSSR count). The van der Waals surface area contributed by atoms with Crippen molar-refractivity contribution >= 4 is 0 Å². The van der Waals surface area contributed by atoms with E-state index < -0.39 is 24.9 Å². The molecule has 0 radical (unpaired) electrons. The SMILES string of the molecule is CCCCCC(NCC(O)c1ccc(O)c(CO)c1)OCC(F)(F)c1ccccc1. The van der Waals surface area contributed by atoms with Crippen molar-refractivity contribution in [2.24, 2.45) is 0 Å². The molecule has 5 nitrogen and oxygen atoms in total. The summed E-state index contributed by atoms with van der Waals surface area (Å²) in [6.45, 7) is 1.03. The number of halogens is 2. The minimum absolute atomic E-state index is 0.0506.